The highest BCUT2D eigenvalue weighted by molar-refractivity contribution is 5.32. The van der Waals surface area contributed by atoms with Gasteiger partial charge in [0.1, 0.15) is 11.9 Å². The first-order chi connectivity index (χ1) is 6.73. The van der Waals surface area contributed by atoms with E-state index in [1.54, 1.807) is 0 Å². The second kappa shape index (κ2) is 3.65. The molecule has 7 heteroatoms. The molecule has 0 saturated heterocycles. The van der Waals surface area contributed by atoms with Crippen molar-refractivity contribution >= 4 is 0 Å². The first-order valence-corrected chi connectivity index (χ1v) is 3.73. The molecule has 3 N–H and O–H groups in total. The smallest absolute Gasteiger partial charge is 0.407 e. The largest absolute Gasteiger partial charge is 0.505 e. The molecule has 0 aliphatic rings. The minimum atomic E-state index is -4.87. The van der Waals surface area contributed by atoms with Gasteiger partial charge in [-0.05, 0) is 6.07 Å². The number of hydrogen-bond donors (Lipinski definition) is 2. The van der Waals surface area contributed by atoms with E-state index in [1.165, 1.54) is 0 Å². The van der Waals surface area contributed by atoms with Crippen LogP contribution < -0.4 is 5.73 Å². The van der Waals surface area contributed by atoms with Crippen LogP contribution in [0.1, 0.15) is 11.6 Å². The maximum Gasteiger partial charge on any atom is 0.407 e. The van der Waals surface area contributed by atoms with Gasteiger partial charge in [0.2, 0.25) is 0 Å². The second-order valence-corrected chi connectivity index (χ2v) is 2.84. The molecule has 0 unspecified atom stereocenters. The summed E-state index contributed by atoms with van der Waals surface area (Å²) in [6.07, 6.45) is -4.87. The van der Waals surface area contributed by atoms with Crippen LogP contribution in [0.5, 0.6) is 5.75 Å². The van der Waals surface area contributed by atoms with E-state index >= 15 is 0 Å². The van der Waals surface area contributed by atoms with Crippen LogP contribution in [0.25, 0.3) is 0 Å². The van der Waals surface area contributed by atoms with E-state index in [2.05, 4.69) is 5.73 Å². The lowest BCUT2D eigenvalue weighted by Gasteiger charge is -2.16. The number of phenolic OH excluding ortho intramolecular Hbond substituents is 1. The van der Waals surface area contributed by atoms with Crippen molar-refractivity contribution in [2.75, 3.05) is 0 Å². The molecule has 0 amide bonds. The summed E-state index contributed by atoms with van der Waals surface area (Å²) in [6.45, 7) is 0. The number of rotatable bonds is 1. The third-order valence-electron chi connectivity index (χ3n) is 1.75. The number of nitrogens with two attached hydrogens (primary N) is 1. The van der Waals surface area contributed by atoms with Gasteiger partial charge in [-0.15, -0.1) is 0 Å². The van der Waals surface area contributed by atoms with Crippen LogP contribution in [-0.2, 0) is 0 Å². The number of hydrogen-bond acceptors (Lipinski definition) is 2. The normalized spacial score (nSPS) is 14.0. The Labute approximate surface area is 81.1 Å². The van der Waals surface area contributed by atoms with Gasteiger partial charge in [-0.25, -0.2) is 8.78 Å². The predicted octanol–water partition coefficient (Wildman–Crippen LogP) is 2.23. The topological polar surface area (TPSA) is 46.2 Å². The van der Waals surface area contributed by atoms with Crippen LogP contribution in [0.3, 0.4) is 0 Å². The van der Waals surface area contributed by atoms with Crippen molar-refractivity contribution in [1.82, 2.24) is 0 Å². The first kappa shape index (κ1) is 11.7. The van der Waals surface area contributed by atoms with Crippen molar-refractivity contribution < 1.29 is 27.1 Å². The molecule has 1 aromatic carbocycles. The highest BCUT2D eigenvalue weighted by Crippen LogP contribution is 2.33. The molecule has 1 aromatic rings. The maximum atomic E-state index is 12.9. The summed E-state index contributed by atoms with van der Waals surface area (Å²) >= 11 is 0. The molecule has 0 radical (unpaired) electrons. The zero-order valence-electron chi connectivity index (χ0n) is 7.15. The molecule has 0 fully saturated rings. The maximum absolute atomic E-state index is 12.9. The summed E-state index contributed by atoms with van der Waals surface area (Å²) in [7, 11) is 0. The Bertz CT molecular complexity index is 376. The number of halogens is 5. The molecule has 15 heavy (non-hydrogen) atoms. The van der Waals surface area contributed by atoms with Crippen molar-refractivity contribution in [2.45, 2.75) is 12.2 Å². The average molecular weight is 227 g/mol. The molecule has 0 aromatic heterocycles. The van der Waals surface area contributed by atoms with Gasteiger partial charge < -0.3 is 10.8 Å². The molecule has 0 aliphatic heterocycles. The Morgan fingerprint density at radius 1 is 1.13 bits per heavy atom. The van der Waals surface area contributed by atoms with E-state index in [4.69, 9.17) is 5.11 Å². The SMILES string of the molecule is N[C@@H](c1cc(F)c(O)cc1F)C(F)(F)F. The fourth-order valence-electron chi connectivity index (χ4n) is 0.966. The lowest BCUT2D eigenvalue weighted by Crippen LogP contribution is -2.29. The van der Waals surface area contributed by atoms with Gasteiger partial charge in [-0.3, -0.25) is 0 Å². The summed E-state index contributed by atoms with van der Waals surface area (Å²) < 4.78 is 61.8. The van der Waals surface area contributed by atoms with Crippen LogP contribution in [0.2, 0.25) is 0 Å². The standard InChI is InChI=1S/C8H6F5NO/c9-4-2-6(15)5(10)1-3(4)7(14)8(11,12)13/h1-2,7,15H,14H2/t7-/m0/s1. The van der Waals surface area contributed by atoms with Crippen molar-refractivity contribution in [1.29, 1.82) is 0 Å². The molecule has 0 aliphatic carbocycles. The summed E-state index contributed by atoms with van der Waals surface area (Å²) in [6, 6.07) is -2.15. The Morgan fingerprint density at radius 3 is 2.13 bits per heavy atom. The van der Waals surface area contributed by atoms with E-state index in [1.807, 2.05) is 0 Å². The average Bonchev–Trinajstić information content (AvgIpc) is 2.08. The van der Waals surface area contributed by atoms with Gasteiger partial charge in [0.05, 0.1) is 0 Å². The summed E-state index contributed by atoms with van der Waals surface area (Å²) in [5.74, 6) is -3.82. The fraction of sp³-hybridized carbons (Fsp3) is 0.250. The Hall–Kier alpha value is -1.37. The summed E-state index contributed by atoms with van der Waals surface area (Å²) in [5.41, 5.74) is 3.63. The van der Waals surface area contributed by atoms with Gasteiger partial charge >= 0.3 is 6.18 Å². The van der Waals surface area contributed by atoms with Gasteiger partial charge in [-0.1, -0.05) is 0 Å². The van der Waals surface area contributed by atoms with E-state index in [9.17, 15) is 22.0 Å². The summed E-state index contributed by atoms with van der Waals surface area (Å²) in [5, 5.41) is 8.67. The van der Waals surface area contributed by atoms with E-state index in [-0.39, 0.29) is 12.1 Å². The van der Waals surface area contributed by atoms with Crippen LogP contribution >= 0.6 is 0 Å². The lowest BCUT2D eigenvalue weighted by molar-refractivity contribution is -0.149. The van der Waals surface area contributed by atoms with Gasteiger partial charge in [0.15, 0.2) is 11.6 Å². The summed E-state index contributed by atoms with van der Waals surface area (Å²) in [4.78, 5) is 0. The van der Waals surface area contributed by atoms with Gasteiger partial charge in [0.25, 0.3) is 0 Å². The number of benzene rings is 1. The Morgan fingerprint density at radius 2 is 1.67 bits per heavy atom. The molecule has 0 saturated carbocycles. The van der Waals surface area contributed by atoms with Crippen LogP contribution in [-0.4, -0.2) is 11.3 Å². The van der Waals surface area contributed by atoms with E-state index in [0.29, 0.717) is 0 Å². The van der Waals surface area contributed by atoms with E-state index in [0.717, 1.165) is 0 Å². The molecule has 1 rings (SSSR count). The third-order valence-corrected chi connectivity index (χ3v) is 1.75. The molecule has 1 atom stereocenters. The van der Waals surface area contributed by atoms with Crippen LogP contribution in [0, 0.1) is 11.6 Å². The molecule has 84 valence electrons. The zero-order chi connectivity index (χ0) is 11.8. The minimum absolute atomic E-state index is 0.225. The van der Waals surface area contributed by atoms with Gasteiger partial charge in [-0.2, -0.15) is 13.2 Å². The fourth-order valence-corrected chi connectivity index (χ4v) is 0.966. The number of aromatic hydroxyl groups is 1. The first-order valence-electron chi connectivity index (χ1n) is 3.73. The lowest BCUT2D eigenvalue weighted by atomic mass is 10.1. The molecule has 0 bridgehead atoms. The Kier molecular flexibility index (Phi) is 2.85. The molecule has 0 heterocycles. The molecular weight excluding hydrogens is 221 g/mol. The van der Waals surface area contributed by atoms with Crippen LogP contribution in [0.4, 0.5) is 22.0 Å². The Balaban J connectivity index is 3.21. The van der Waals surface area contributed by atoms with Crippen molar-refractivity contribution in [3.8, 4) is 5.75 Å². The zero-order valence-corrected chi connectivity index (χ0v) is 7.15. The monoisotopic (exact) mass is 227 g/mol. The number of phenols is 1. The molecular formula is C8H6F5NO. The van der Waals surface area contributed by atoms with Crippen molar-refractivity contribution in [3.05, 3.63) is 29.3 Å². The van der Waals surface area contributed by atoms with Crippen LogP contribution in [0.15, 0.2) is 12.1 Å². The molecule has 2 nitrogen and oxygen atoms in total. The van der Waals surface area contributed by atoms with Gasteiger partial charge in [0, 0.05) is 11.6 Å². The quantitative estimate of drug-likeness (QED) is 0.722. The van der Waals surface area contributed by atoms with Crippen molar-refractivity contribution in [2.24, 2.45) is 5.73 Å². The minimum Gasteiger partial charge on any atom is -0.505 e. The highest BCUT2D eigenvalue weighted by Gasteiger charge is 2.39. The second-order valence-electron chi connectivity index (χ2n) is 2.84. The molecule has 0 spiro atoms. The van der Waals surface area contributed by atoms with E-state index < -0.39 is 35.2 Å². The predicted molar refractivity (Wildman–Crippen MR) is 41.0 cm³/mol. The van der Waals surface area contributed by atoms with Crippen molar-refractivity contribution in [3.63, 3.8) is 0 Å². The number of alkyl halides is 3. The highest BCUT2D eigenvalue weighted by atomic mass is 19.4. The third kappa shape index (κ3) is 2.35.